The lowest BCUT2D eigenvalue weighted by Crippen LogP contribution is -2.05. The van der Waals surface area contributed by atoms with Crippen molar-refractivity contribution >= 4 is 23.6 Å². The van der Waals surface area contributed by atoms with E-state index in [0.29, 0.717) is 10.8 Å². The Balaban J connectivity index is 3.04. The molecule has 0 saturated carbocycles. The Kier molecular flexibility index (Phi) is 3.54. The van der Waals surface area contributed by atoms with Gasteiger partial charge in [0.15, 0.2) is 0 Å². The second-order valence-electron chi connectivity index (χ2n) is 2.62. The molecule has 1 aromatic carbocycles. The van der Waals surface area contributed by atoms with Crippen LogP contribution in [0.3, 0.4) is 0 Å². The van der Waals surface area contributed by atoms with Gasteiger partial charge in [0.05, 0.1) is 7.11 Å². The Morgan fingerprint density at radius 2 is 2.29 bits per heavy atom. The van der Waals surface area contributed by atoms with Gasteiger partial charge in [0.25, 0.3) is 0 Å². The minimum Gasteiger partial charge on any atom is -0.496 e. The molecule has 0 spiro atoms. The standard InChI is InChI=1S/C10H10ClNO2/c1-14-9-4-3-8(11)6-7(9)2-5-10(12)13/h2-6H,1H3,(H2,12,13). The Morgan fingerprint density at radius 3 is 2.86 bits per heavy atom. The molecule has 0 fully saturated rings. The summed E-state index contributed by atoms with van der Waals surface area (Å²) in [7, 11) is 1.55. The zero-order valence-electron chi connectivity index (χ0n) is 7.66. The molecule has 14 heavy (non-hydrogen) atoms. The Morgan fingerprint density at radius 1 is 1.57 bits per heavy atom. The van der Waals surface area contributed by atoms with Crippen molar-refractivity contribution in [2.24, 2.45) is 5.73 Å². The van der Waals surface area contributed by atoms with Gasteiger partial charge in [0.2, 0.25) is 5.91 Å². The number of carbonyl (C=O) groups excluding carboxylic acids is 1. The molecule has 0 aliphatic heterocycles. The number of nitrogens with two attached hydrogens (primary N) is 1. The lowest BCUT2D eigenvalue weighted by atomic mass is 10.2. The monoisotopic (exact) mass is 211 g/mol. The summed E-state index contributed by atoms with van der Waals surface area (Å²) in [5.74, 6) is 0.138. The van der Waals surface area contributed by atoms with E-state index in [-0.39, 0.29) is 0 Å². The maximum Gasteiger partial charge on any atom is 0.241 e. The predicted molar refractivity (Wildman–Crippen MR) is 56.2 cm³/mol. The first kappa shape index (κ1) is 10.6. The van der Waals surface area contributed by atoms with E-state index in [2.05, 4.69) is 0 Å². The lowest BCUT2D eigenvalue weighted by Gasteiger charge is -2.04. The predicted octanol–water partition coefficient (Wildman–Crippen LogP) is 1.85. The van der Waals surface area contributed by atoms with Crippen LogP contribution in [-0.2, 0) is 4.79 Å². The molecule has 0 unspecified atom stereocenters. The van der Waals surface area contributed by atoms with Crippen molar-refractivity contribution in [2.45, 2.75) is 0 Å². The fraction of sp³-hybridized carbons (Fsp3) is 0.100. The van der Waals surface area contributed by atoms with Crippen LogP contribution < -0.4 is 10.5 Å². The number of rotatable bonds is 3. The number of primary amides is 1. The number of ether oxygens (including phenoxy) is 1. The molecule has 3 nitrogen and oxygen atoms in total. The number of hydrogen-bond acceptors (Lipinski definition) is 2. The average molecular weight is 212 g/mol. The molecule has 2 N–H and O–H groups in total. The van der Waals surface area contributed by atoms with Crippen LogP contribution in [0.2, 0.25) is 5.02 Å². The van der Waals surface area contributed by atoms with Crippen molar-refractivity contribution in [3.63, 3.8) is 0 Å². The quantitative estimate of drug-likeness (QED) is 0.776. The maximum absolute atomic E-state index is 10.5. The molecule has 0 aliphatic carbocycles. The van der Waals surface area contributed by atoms with Crippen molar-refractivity contribution < 1.29 is 9.53 Å². The fourth-order valence-corrected chi connectivity index (χ4v) is 1.19. The molecule has 0 aromatic heterocycles. The van der Waals surface area contributed by atoms with E-state index in [1.54, 1.807) is 31.4 Å². The second kappa shape index (κ2) is 4.67. The van der Waals surface area contributed by atoms with Crippen LogP contribution in [-0.4, -0.2) is 13.0 Å². The summed E-state index contributed by atoms with van der Waals surface area (Å²) in [6.07, 6.45) is 2.82. The van der Waals surface area contributed by atoms with E-state index in [1.807, 2.05) is 0 Å². The number of hydrogen-bond donors (Lipinski definition) is 1. The first-order valence-electron chi connectivity index (χ1n) is 3.94. The van der Waals surface area contributed by atoms with Crippen LogP contribution >= 0.6 is 11.6 Å². The van der Waals surface area contributed by atoms with Crippen LogP contribution in [0, 0.1) is 0 Å². The van der Waals surface area contributed by atoms with E-state index in [1.165, 1.54) is 6.08 Å². The van der Waals surface area contributed by atoms with Gasteiger partial charge in [-0.15, -0.1) is 0 Å². The molecule has 0 saturated heterocycles. The third-order valence-corrected chi connectivity index (χ3v) is 1.85. The summed E-state index contributed by atoms with van der Waals surface area (Å²) in [5, 5.41) is 0.579. The molecule has 1 rings (SSSR count). The van der Waals surface area contributed by atoms with Crippen LogP contribution in [0.5, 0.6) is 5.75 Å². The third kappa shape index (κ3) is 2.78. The molecule has 0 radical (unpaired) electrons. The first-order valence-corrected chi connectivity index (χ1v) is 4.32. The fourth-order valence-electron chi connectivity index (χ4n) is 1.01. The van der Waals surface area contributed by atoms with Gasteiger partial charge in [-0.3, -0.25) is 4.79 Å². The van der Waals surface area contributed by atoms with E-state index < -0.39 is 5.91 Å². The van der Waals surface area contributed by atoms with Crippen molar-refractivity contribution in [2.75, 3.05) is 7.11 Å². The summed E-state index contributed by atoms with van der Waals surface area (Å²) in [4.78, 5) is 10.5. The number of amides is 1. The van der Waals surface area contributed by atoms with E-state index in [0.717, 1.165) is 5.56 Å². The van der Waals surface area contributed by atoms with Gasteiger partial charge in [0, 0.05) is 16.7 Å². The second-order valence-corrected chi connectivity index (χ2v) is 3.06. The van der Waals surface area contributed by atoms with Crippen molar-refractivity contribution in [1.29, 1.82) is 0 Å². The summed E-state index contributed by atoms with van der Waals surface area (Å²) in [5.41, 5.74) is 5.69. The maximum atomic E-state index is 10.5. The third-order valence-electron chi connectivity index (χ3n) is 1.62. The topological polar surface area (TPSA) is 52.3 Å². The number of carbonyl (C=O) groups is 1. The van der Waals surface area contributed by atoms with E-state index in [9.17, 15) is 4.79 Å². The highest BCUT2D eigenvalue weighted by Crippen LogP contribution is 2.23. The van der Waals surface area contributed by atoms with Crippen LogP contribution in [0.4, 0.5) is 0 Å². The lowest BCUT2D eigenvalue weighted by molar-refractivity contribution is -0.113. The minimum atomic E-state index is -0.507. The molecule has 0 aliphatic rings. The number of halogens is 1. The number of benzene rings is 1. The smallest absolute Gasteiger partial charge is 0.241 e. The van der Waals surface area contributed by atoms with Gasteiger partial charge in [0.1, 0.15) is 5.75 Å². The van der Waals surface area contributed by atoms with Gasteiger partial charge in [-0.1, -0.05) is 11.6 Å². The van der Waals surface area contributed by atoms with Crippen molar-refractivity contribution in [3.05, 3.63) is 34.9 Å². The minimum absolute atomic E-state index is 0.507. The first-order chi connectivity index (χ1) is 6.63. The molecule has 1 aromatic rings. The molecule has 0 bridgehead atoms. The highest BCUT2D eigenvalue weighted by molar-refractivity contribution is 6.30. The highest BCUT2D eigenvalue weighted by Gasteiger charge is 2.00. The summed E-state index contributed by atoms with van der Waals surface area (Å²) >= 11 is 5.78. The molecular formula is C10H10ClNO2. The van der Waals surface area contributed by atoms with Gasteiger partial charge < -0.3 is 10.5 Å². The molecular weight excluding hydrogens is 202 g/mol. The molecule has 4 heteroatoms. The Labute approximate surface area is 87.1 Å². The average Bonchev–Trinajstić information content (AvgIpc) is 2.15. The molecule has 0 atom stereocenters. The van der Waals surface area contributed by atoms with Gasteiger partial charge in [-0.2, -0.15) is 0 Å². The zero-order valence-corrected chi connectivity index (χ0v) is 8.41. The molecule has 74 valence electrons. The largest absolute Gasteiger partial charge is 0.496 e. The van der Waals surface area contributed by atoms with Gasteiger partial charge >= 0.3 is 0 Å². The molecule has 0 heterocycles. The van der Waals surface area contributed by atoms with Gasteiger partial charge in [-0.25, -0.2) is 0 Å². The summed E-state index contributed by atoms with van der Waals surface area (Å²) in [6, 6.07) is 5.13. The SMILES string of the molecule is COc1ccc(Cl)cc1C=CC(N)=O. The van der Waals surface area contributed by atoms with Gasteiger partial charge in [-0.05, 0) is 24.3 Å². The van der Waals surface area contributed by atoms with Crippen molar-refractivity contribution in [3.8, 4) is 5.75 Å². The van der Waals surface area contributed by atoms with E-state index in [4.69, 9.17) is 22.1 Å². The number of methoxy groups -OCH3 is 1. The summed E-state index contributed by atoms with van der Waals surface area (Å²) in [6.45, 7) is 0. The van der Waals surface area contributed by atoms with Crippen LogP contribution in [0.1, 0.15) is 5.56 Å². The Bertz CT molecular complexity index is 374. The van der Waals surface area contributed by atoms with Crippen molar-refractivity contribution in [1.82, 2.24) is 0 Å². The van der Waals surface area contributed by atoms with E-state index >= 15 is 0 Å². The molecule has 1 amide bonds. The summed E-state index contributed by atoms with van der Waals surface area (Å²) < 4.78 is 5.07. The Hall–Kier alpha value is -1.48. The normalized spacial score (nSPS) is 10.4. The van der Waals surface area contributed by atoms with Crippen LogP contribution in [0.25, 0.3) is 6.08 Å². The zero-order chi connectivity index (χ0) is 10.6. The van der Waals surface area contributed by atoms with Crippen LogP contribution in [0.15, 0.2) is 24.3 Å². The highest BCUT2D eigenvalue weighted by atomic mass is 35.5.